The molecule has 1 saturated heterocycles. The van der Waals surface area contributed by atoms with Crippen molar-refractivity contribution in [2.75, 3.05) is 6.54 Å². The Balaban J connectivity index is 2.36. The van der Waals surface area contributed by atoms with Gasteiger partial charge in [0.1, 0.15) is 5.69 Å². The number of aromatic nitrogens is 3. The summed E-state index contributed by atoms with van der Waals surface area (Å²) in [5.41, 5.74) is 1.15. The van der Waals surface area contributed by atoms with Gasteiger partial charge in [0.05, 0.1) is 11.7 Å². The van der Waals surface area contributed by atoms with Crippen molar-refractivity contribution in [2.24, 2.45) is 13.0 Å². The summed E-state index contributed by atoms with van der Waals surface area (Å²) in [6, 6.07) is 0. The number of hydrogen-bond acceptors (Lipinski definition) is 3. The maximum atomic E-state index is 4.24. The summed E-state index contributed by atoms with van der Waals surface area (Å²) in [5.74, 6) is 0.557. The molecule has 1 N–H and O–H groups in total. The Morgan fingerprint density at radius 2 is 2.36 bits per heavy atom. The Hall–Kier alpha value is -0.900. The van der Waals surface area contributed by atoms with Gasteiger partial charge < -0.3 is 5.32 Å². The first kappa shape index (κ1) is 9.65. The smallest absolute Gasteiger partial charge is 0.103 e. The van der Waals surface area contributed by atoms with Gasteiger partial charge in [-0.1, -0.05) is 19.1 Å². The Kier molecular flexibility index (Phi) is 2.31. The first-order valence-corrected chi connectivity index (χ1v) is 5.27. The zero-order valence-electron chi connectivity index (χ0n) is 9.12. The summed E-state index contributed by atoms with van der Waals surface area (Å²) in [7, 11) is 1.92. The Labute approximate surface area is 84.7 Å². The van der Waals surface area contributed by atoms with Crippen molar-refractivity contribution in [3.63, 3.8) is 0 Å². The predicted octanol–water partition coefficient (Wildman–Crippen LogP) is 1.05. The molecule has 0 aliphatic carbocycles. The van der Waals surface area contributed by atoms with E-state index in [1.54, 1.807) is 4.68 Å². The van der Waals surface area contributed by atoms with Crippen molar-refractivity contribution >= 4 is 0 Å². The van der Waals surface area contributed by atoms with E-state index in [1.807, 2.05) is 13.2 Å². The van der Waals surface area contributed by atoms with Crippen LogP contribution in [0.4, 0.5) is 0 Å². The molecule has 0 spiro atoms. The molecule has 1 atom stereocenters. The fourth-order valence-corrected chi connectivity index (χ4v) is 2.33. The Morgan fingerprint density at radius 3 is 2.79 bits per heavy atom. The van der Waals surface area contributed by atoms with E-state index in [9.17, 15) is 0 Å². The molecule has 0 aromatic carbocycles. The van der Waals surface area contributed by atoms with Gasteiger partial charge in [-0.05, 0) is 25.3 Å². The van der Waals surface area contributed by atoms with Crippen LogP contribution in [0, 0.1) is 5.92 Å². The lowest BCUT2D eigenvalue weighted by Crippen LogP contribution is -2.42. The topological polar surface area (TPSA) is 42.7 Å². The van der Waals surface area contributed by atoms with Gasteiger partial charge in [0.2, 0.25) is 0 Å². The molecule has 0 radical (unpaired) electrons. The van der Waals surface area contributed by atoms with Crippen LogP contribution in [0.2, 0.25) is 0 Å². The number of hydrogen-bond donors (Lipinski definition) is 1. The van der Waals surface area contributed by atoms with Crippen LogP contribution < -0.4 is 5.32 Å². The molecule has 2 heterocycles. The van der Waals surface area contributed by atoms with E-state index >= 15 is 0 Å². The molecule has 14 heavy (non-hydrogen) atoms. The number of nitrogens with zero attached hydrogens (tertiary/aromatic N) is 3. The molecule has 4 heteroatoms. The van der Waals surface area contributed by atoms with Crippen molar-refractivity contribution in [3.8, 4) is 0 Å². The van der Waals surface area contributed by atoms with Crippen LogP contribution in [0.5, 0.6) is 0 Å². The molecule has 4 nitrogen and oxygen atoms in total. The first-order chi connectivity index (χ1) is 6.65. The van der Waals surface area contributed by atoms with Gasteiger partial charge in [0, 0.05) is 7.05 Å². The summed E-state index contributed by atoms with van der Waals surface area (Å²) in [5, 5.41) is 11.8. The van der Waals surface area contributed by atoms with E-state index in [2.05, 4.69) is 29.5 Å². The third-order valence-electron chi connectivity index (χ3n) is 3.23. The summed E-state index contributed by atoms with van der Waals surface area (Å²) in [4.78, 5) is 0. The van der Waals surface area contributed by atoms with Crippen LogP contribution >= 0.6 is 0 Å². The molecule has 78 valence electrons. The fraction of sp³-hybridized carbons (Fsp3) is 0.800. The highest BCUT2D eigenvalue weighted by Gasteiger charge is 2.40. The van der Waals surface area contributed by atoms with E-state index in [4.69, 9.17) is 0 Å². The van der Waals surface area contributed by atoms with Gasteiger partial charge in [0.25, 0.3) is 0 Å². The zero-order valence-corrected chi connectivity index (χ0v) is 9.12. The lowest BCUT2D eigenvalue weighted by molar-refractivity contribution is 0.269. The summed E-state index contributed by atoms with van der Waals surface area (Å²) in [6.07, 6.45) is 4.43. The van der Waals surface area contributed by atoms with Gasteiger partial charge in [0.15, 0.2) is 0 Å². The molecule has 1 unspecified atom stereocenters. The largest absolute Gasteiger partial charge is 0.306 e. The maximum Gasteiger partial charge on any atom is 0.103 e. The Morgan fingerprint density at radius 1 is 1.57 bits per heavy atom. The van der Waals surface area contributed by atoms with Gasteiger partial charge in [-0.3, -0.25) is 4.68 Å². The van der Waals surface area contributed by atoms with Crippen molar-refractivity contribution < 1.29 is 0 Å². The van der Waals surface area contributed by atoms with Crippen LogP contribution in [0.25, 0.3) is 0 Å². The molecule has 1 fully saturated rings. The van der Waals surface area contributed by atoms with E-state index in [-0.39, 0.29) is 5.54 Å². The normalized spacial score (nSPS) is 27.4. The van der Waals surface area contributed by atoms with Crippen molar-refractivity contribution in [3.05, 3.63) is 11.9 Å². The first-order valence-electron chi connectivity index (χ1n) is 5.27. The fourth-order valence-electron chi connectivity index (χ4n) is 2.33. The molecule has 1 aromatic rings. The van der Waals surface area contributed by atoms with E-state index in [1.165, 1.54) is 12.8 Å². The second kappa shape index (κ2) is 3.35. The molecule has 0 bridgehead atoms. The summed E-state index contributed by atoms with van der Waals surface area (Å²) in [6.45, 7) is 5.58. The van der Waals surface area contributed by atoms with Gasteiger partial charge in [-0.25, -0.2) is 0 Å². The monoisotopic (exact) mass is 194 g/mol. The van der Waals surface area contributed by atoms with Crippen LogP contribution in [0.3, 0.4) is 0 Å². The highest BCUT2D eigenvalue weighted by atomic mass is 15.4. The average Bonchev–Trinajstić information content (AvgIpc) is 2.71. The van der Waals surface area contributed by atoms with Crippen LogP contribution in [0.1, 0.15) is 32.4 Å². The molecule has 1 aliphatic heterocycles. The van der Waals surface area contributed by atoms with Crippen molar-refractivity contribution in [1.29, 1.82) is 0 Å². The second-order valence-corrected chi connectivity index (χ2v) is 4.43. The van der Waals surface area contributed by atoms with Gasteiger partial charge in [-0.2, -0.15) is 0 Å². The number of nitrogens with one attached hydrogen (secondary N) is 1. The minimum Gasteiger partial charge on any atom is -0.306 e. The molecule has 1 aromatic heterocycles. The van der Waals surface area contributed by atoms with Crippen molar-refractivity contribution in [2.45, 2.75) is 32.2 Å². The highest BCUT2D eigenvalue weighted by Crippen LogP contribution is 2.36. The van der Waals surface area contributed by atoms with Gasteiger partial charge in [-0.15, -0.1) is 5.10 Å². The van der Waals surface area contributed by atoms with Crippen LogP contribution in [0.15, 0.2) is 6.20 Å². The lowest BCUT2D eigenvalue weighted by Gasteiger charge is -2.31. The Bertz CT molecular complexity index is 310. The molecule has 1 aliphatic rings. The summed E-state index contributed by atoms with van der Waals surface area (Å²) < 4.78 is 1.78. The van der Waals surface area contributed by atoms with Gasteiger partial charge >= 0.3 is 0 Å². The van der Waals surface area contributed by atoms with Crippen LogP contribution in [-0.2, 0) is 12.6 Å². The maximum absolute atomic E-state index is 4.24. The highest BCUT2D eigenvalue weighted by molar-refractivity contribution is 5.14. The lowest BCUT2D eigenvalue weighted by atomic mass is 9.82. The SMILES string of the molecule is CC(C)C1(c2cn(C)nn2)CCCN1. The number of aryl methyl sites for hydroxylation is 1. The third kappa shape index (κ3) is 1.34. The standard InChI is InChI=1S/C10H18N4/c1-8(2)10(5-4-6-11-10)9-7-14(3)13-12-9/h7-8,11H,4-6H2,1-3H3. The quantitative estimate of drug-likeness (QED) is 0.765. The third-order valence-corrected chi connectivity index (χ3v) is 3.23. The predicted molar refractivity (Wildman–Crippen MR) is 54.8 cm³/mol. The number of rotatable bonds is 2. The average molecular weight is 194 g/mol. The zero-order chi connectivity index (χ0) is 10.2. The minimum atomic E-state index is 0.0638. The molecule has 2 rings (SSSR count). The molecular formula is C10H18N4. The van der Waals surface area contributed by atoms with E-state index < -0.39 is 0 Å². The molecule has 0 amide bonds. The van der Waals surface area contributed by atoms with Crippen molar-refractivity contribution in [1.82, 2.24) is 20.3 Å². The van der Waals surface area contributed by atoms with Crippen LogP contribution in [-0.4, -0.2) is 21.5 Å². The summed E-state index contributed by atoms with van der Waals surface area (Å²) >= 11 is 0. The molecular weight excluding hydrogens is 176 g/mol. The van der Waals surface area contributed by atoms with E-state index in [0.717, 1.165) is 12.2 Å². The molecule has 0 saturated carbocycles. The minimum absolute atomic E-state index is 0.0638. The van der Waals surface area contributed by atoms with E-state index in [0.29, 0.717) is 5.92 Å². The second-order valence-electron chi connectivity index (χ2n) is 4.43.